The van der Waals surface area contributed by atoms with Crippen LogP contribution < -0.4 is 19.6 Å². The number of hydrogen-bond acceptors (Lipinski definition) is 7. The molecule has 1 amide bonds. The van der Waals surface area contributed by atoms with Gasteiger partial charge in [0.1, 0.15) is 18.1 Å². The lowest BCUT2D eigenvalue weighted by atomic mass is 10.1. The zero-order chi connectivity index (χ0) is 22.9. The standard InChI is InChI=1S/C24H24N2O6/c1-3-31-19-8-10-20(11-9-19)32-15-16-4-6-18(7-5-16)24(29)26-25-14-17-12-21(27)23(28)22(13-17)30-2/h4-14,27-28H,3,15H2,1-2H3,(H,26,29)/b25-14+. The van der Waals surface area contributed by atoms with E-state index in [0.717, 1.165) is 17.1 Å². The third-order valence-electron chi connectivity index (χ3n) is 4.43. The van der Waals surface area contributed by atoms with Crippen molar-refractivity contribution in [2.24, 2.45) is 5.10 Å². The predicted octanol–water partition coefficient (Wildman–Crippen LogP) is 3.85. The SMILES string of the molecule is CCOc1ccc(OCc2ccc(C(=O)N/N=C/c3cc(O)c(O)c(OC)c3)cc2)cc1. The summed E-state index contributed by atoms with van der Waals surface area (Å²) in [5.41, 5.74) is 4.19. The summed E-state index contributed by atoms with van der Waals surface area (Å²) in [6.45, 7) is 2.90. The lowest BCUT2D eigenvalue weighted by Gasteiger charge is -2.08. The molecule has 0 aliphatic rings. The summed E-state index contributed by atoms with van der Waals surface area (Å²) in [7, 11) is 1.37. The summed E-state index contributed by atoms with van der Waals surface area (Å²) in [5, 5.41) is 23.2. The molecule has 0 bridgehead atoms. The Bertz CT molecular complexity index is 1080. The number of hydrogen-bond donors (Lipinski definition) is 3. The van der Waals surface area contributed by atoms with E-state index in [-0.39, 0.29) is 17.2 Å². The van der Waals surface area contributed by atoms with Crippen LogP contribution in [0, 0.1) is 0 Å². The third-order valence-corrected chi connectivity index (χ3v) is 4.43. The van der Waals surface area contributed by atoms with Crippen LogP contribution in [0.1, 0.15) is 28.4 Å². The molecule has 8 nitrogen and oxygen atoms in total. The maximum Gasteiger partial charge on any atom is 0.271 e. The molecule has 32 heavy (non-hydrogen) atoms. The van der Waals surface area contributed by atoms with Crippen LogP contribution in [-0.4, -0.2) is 36.1 Å². The minimum atomic E-state index is -0.393. The van der Waals surface area contributed by atoms with E-state index >= 15 is 0 Å². The van der Waals surface area contributed by atoms with Crippen molar-refractivity contribution in [3.8, 4) is 28.7 Å². The number of benzene rings is 3. The number of phenols is 2. The third kappa shape index (κ3) is 5.91. The molecule has 0 aliphatic carbocycles. The number of phenolic OH excluding ortho intramolecular Hbond substituents is 2. The first-order valence-electron chi connectivity index (χ1n) is 9.88. The zero-order valence-electron chi connectivity index (χ0n) is 17.7. The van der Waals surface area contributed by atoms with Gasteiger partial charge in [-0.1, -0.05) is 12.1 Å². The summed E-state index contributed by atoms with van der Waals surface area (Å²) < 4.78 is 16.1. The van der Waals surface area contributed by atoms with Gasteiger partial charge < -0.3 is 24.4 Å². The van der Waals surface area contributed by atoms with E-state index in [4.69, 9.17) is 14.2 Å². The first-order valence-corrected chi connectivity index (χ1v) is 9.88. The van der Waals surface area contributed by atoms with Gasteiger partial charge in [-0.05, 0) is 61.0 Å². The van der Waals surface area contributed by atoms with Crippen molar-refractivity contribution in [3.63, 3.8) is 0 Å². The molecule has 0 atom stereocenters. The predicted molar refractivity (Wildman–Crippen MR) is 120 cm³/mol. The fourth-order valence-electron chi connectivity index (χ4n) is 2.79. The molecule has 3 N–H and O–H groups in total. The Balaban J connectivity index is 1.53. The molecule has 0 aromatic heterocycles. The number of nitrogens with zero attached hydrogens (tertiary/aromatic N) is 1. The maximum atomic E-state index is 12.3. The molecular formula is C24H24N2O6. The van der Waals surface area contributed by atoms with Gasteiger partial charge in [-0.15, -0.1) is 0 Å². The average molecular weight is 436 g/mol. The Morgan fingerprint density at radius 1 is 1.00 bits per heavy atom. The highest BCUT2D eigenvalue weighted by molar-refractivity contribution is 5.95. The van der Waals surface area contributed by atoms with Crippen molar-refractivity contribution in [2.45, 2.75) is 13.5 Å². The molecule has 3 aromatic carbocycles. The summed E-state index contributed by atoms with van der Waals surface area (Å²) in [6.07, 6.45) is 1.33. The van der Waals surface area contributed by atoms with Crippen molar-refractivity contribution in [1.82, 2.24) is 5.43 Å². The normalized spacial score (nSPS) is 10.7. The fraction of sp³-hybridized carbons (Fsp3) is 0.167. The Morgan fingerprint density at radius 3 is 2.28 bits per heavy atom. The van der Waals surface area contributed by atoms with E-state index in [9.17, 15) is 15.0 Å². The maximum absolute atomic E-state index is 12.3. The van der Waals surface area contributed by atoms with E-state index in [0.29, 0.717) is 24.3 Å². The van der Waals surface area contributed by atoms with E-state index in [2.05, 4.69) is 10.5 Å². The van der Waals surface area contributed by atoms with Crippen molar-refractivity contribution in [2.75, 3.05) is 13.7 Å². The molecule has 166 valence electrons. The number of hydrazone groups is 1. The Hall–Kier alpha value is -4.20. The van der Waals surface area contributed by atoms with Gasteiger partial charge in [0.15, 0.2) is 11.5 Å². The molecule has 0 fully saturated rings. The first kappa shape index (κ1) is 22.5. The second-order valence-electron chi connectivity index (χ2n) is 6.68. The number of methoxy groups -OCH3 is 1. The minimum absolute atomic E-state index is 0.0980. The highest BCUT2D eigenvalue weighted by atomic mass is 16.5. The summed E-state index contributed by atoms with van der Waals surface area (Å²) in [6, 6.07) is 17.1. The number of rotatable bonds is 9. The van der Waals surface area contributed by atoms with E-state index < -0.39 is 5.91 Å². The van der Waals surface area contributed by atoms with Gasteiger partial charge in [-0.25, -0.2) is 5.43 Å². The van der Waals surface area contributed by atoms with Gasteiger partial charge in [0.25, 0.3) is 5.91 Å². The highest BCUT2D eigenvalue weighted by Crippen LogP contribution is 2.35. The molecule has 0 saturated heterocycles. The number of carbonyl (C=O) groups excluding carboxylic acids is 1. The van der Waals surface area contributed by atoms with Gasteiger partial charge in [-0.3, -0.25) is 4.79 Å². The lowest BCUT2D eigenvalue weighted by molar-refractivity contribution is 0.0955. The summed E-state index contributed by atoms with van der Waals surface area (Å²) in [5.74, 6) is 0.511. The molecule has 0 spiro atoms. The number of ether oxygens (including phenoxy) is 3. The Morgan fingerprint density at radius 2 is 1.66 bits per heavy atom. The van der Waals surface area contributed by atoms with Crippen LogP contribution in [0.2, 0.25) is 0 Å². The molecule has 8 heteroatoms. The van der Waals surface area contributed by atoms with Crippen molar-refractivity contribution in [1.29, 1.82) is 0 Å². The average Bonchev–Trinajstić information content (AvgIpc) is 2.81. The van der Waals surface area contributed by atoms with Crippen LogP contribution in [0.15, 0.2) is 65.8 Å². The Labute approximate surface area is 185 Å². The monoisotopic (exact) mass is 436 g/mol. The largest absolute Gasteiger partial charge is 0.504 e. The van der Waals surface area contributed by atoms with Crippen LogP contribution in [0.25, 0.3) is 0 Å². The van der Waals surface area contributed by atoms with Gasteiger partial charge in [0.2, 0.25) is 5.75 Å². The quantitative estimate of drug-likeness (QED) is 0.267. The summed E-state index contributed by atoms with van der Waals surface area (Å²) >= 11 is 0. The van der Waals surface area contributed by atoms with E-state index in [1.54, 1.807) is 24.3 Å². The van der Waals surface area contributed by atoms with Crippen LogP contribution in [0.4, 0.5) is 0 Å². The van der Waals surface area contributed by atoms with Crippen LogP contribution in [-0.2, 0) is 6.61 Å². The smallest absolute Gasteiger partial charge is 0.271 e. The molecule has 0 aliphatic heterocycles. The Kier molecular flexibility index (Phi) is 7.53. The number of carbonyl (C=O) groups is 1. The first-order chi connectivity index (χ1) is 15.5. The molecular weight excluding hydrogens is 412 g/mol. The van der Waals surface area contributed by atoms with Crippen LogP contribution in [0.3, 0.4) is 0 Å². The molecule has 3 rings (SSSR count). The van der Waals surface area contributed by atoms with Crippen molar-refractivity contribution >= 4 is 12.1 Å². The second kappa shape index (κ2) is 10.7. The number of nitrogens with one attached hydrogen (secondary N) is 1. The lowest BCUT2D eigenvalue weighted by Crippen LogP contribution is -2.17. The second-order valence-corrected chi connectivity index (χ2v) is 6.68. The van der Waals surface area contributed by atoms with Gasteiger partial charge in [-0.2, -0.15) is 5.10 Å². The number of aromatic hydroxyl groups is 2. The summed E-state index contributed by atoms with van der Waals surface area (Å²) in [4.78, 5) is 12.3. The zero-order valence-corrected chi connectivity index (χ0v) is 17.7. The highest BCUT2D eigenvalue weighted by Gasteiger charge is 2.09. The van der Waals surface area contributed by atoms with E-state index in [1.165, 1.54) is 25.5 Å². The van der Waals surface area contributed by atoms with Crippen molar-refractivity contribution < 1.29 is 29.2 Å². The molecule has 3 aromatic rings. The fourth-order valence-corrected chi connectivity index (χ4v) is 2.79. The number of amides is 1. The van der Waals surface area contributed by atoms with Crippen LogP contribution in [0.5, 0.6) is 28.7 Å². The van der Waals surface area contributed by atoms with Gasteiger partial charge >= 0.3 is 0 Å². The van der Waals surface area contributed by atoms with Crippen molar-refractivity contribution in [3.05, 3.63) is 77.4 Å². The minimum Gasteiger partial charge on any atom is -0.504 e. The van der Waals surface area contributed by atoms with E-state index in [1.807, 2.05) is 31.2 Å². The van der Waals surface area contributed by atoms with Gasteiger partial charge in [0.05, 0.1) is 19.9 Å². The topological polar surface area (TPSA) is 110 Å². The van der Waals surface area contributed by atoms with Crippen LogP contribution >= 0.6 is 0 Å². The molecule has 0 unspecified atom stereocenters. The molecule has 0 saturated carbocycles. The molecule has 0 radical (unpaired) electrons. The van der Waals surface area contributed by atoms with Gasteiger partial charge in [0, 0.05) is 11.1 Å². The molecule has 0 heterocycles.